The topological polar surface area (TPSA) is 29.5 Å². The minimum Gasteiger partial charge on any atom is -0.489 e. The van der Waals surface area contributed by atoms with Crippen LogP contribution in [0.15, 0.2) is 66.7 Å². The summed E-state index contributed by atoms with van der Waals surface area (Å²) in [6, 6.07) is 18.5. The maximum Gasteiger partial charge on any atom is 0.119 e. The third kappa shape index (κ3) is 5.84. The van der Waals surface area contributed by atoms with Crippen molar-refractivity contribution in [3.63, 3.8) is 0 Å². The highest BCUT2D eigenvalue weighted by molar-refractivity contribution is 5.28. The lowest BCUT2D eigenvalue weighted by Crippen LogP contribution is -1.95. The van der Waals surface area contributed by atoms with E-state index in [-0.39, 0.29) is 6.61 Å². The minimum absolute atomic E-state index is 0.132. The Bertz CT molecular complexity index is 529. The predicted octanol–water partition coefficient (Wildman–Crippen LogP) is 4.14. The van der Waals surface area contributed by atoms with E-state index in [9.17, 15) is 0 Å². The maximum absolute atomic E-state index is 8.65. The number of hydrogen-bond donors (Lipinski definition) is 1. The first kappa shape index (κ1) is 15.3. The average molecular weight is 282 g/mol. The summed E-state index contributed by atoms with van der Waals surface area (Å²) in [7, 11) is 0. The summed E-state index contributed by atoms with van der Waals surface area (Å²) in [5.41, 5.74) is 2.50. The molecule has 0 aromatic heterocycles. The number of hydrogen-bond acceptors (Lipinski definition) is 2. The van der Waals surface area contributed by atoms with Gasteiger partial charge in [-0.1, -0.05) is 54.6 Å². The van der Waals surface area contributed by atoms with Crippen molar-refractivity contribution in [2.75, 3.05) is 6.61 Å². The van der Waals surface area contributed by atoms with E-state index in [0.717, 1.165) is 25.0 Å². The summed E-state index contributed by atoms with van der Waals surface area (Å²) >= 11 is 0. The SMILES string of the molecule is OC/C=C/CCCc1ccc(OCc2ccccc2)cc1. The molecule has 2 aromatic carbocycles. The van der Waals surface area contributed by atoms with Crippen molar-refractivity contribution < 1.29 is 9.84 Å². The molecule has 0 radical (unpaired) electrons. The number of allylic oxidation sites excluding steroid dienone is 1. The van der Waals surface area contributed by atoms with Crippen LogP contribution in [0.25, 0.3) is 0 Å². The molecule has 2 heteroatoms. The molecule has 0 unspecified atom stereocenters. The summed E-state index contributed by atoms with van der Waals surface area (Å²) in [5.74, 6) is 0.905. The second-order valence-corrected chi connectivity index (χ2v) is 4.96. The van der Waals surface area contributed by atoms with Crippen LogP contribution in [0.2, 0.25) is 0 Å². The van der Waals surface area contributed by atoms with E-state index in [1.165, 1.54) is 11.1 Å². The van der Waals surface area contributed by atoms with Gasteiger partial charge in [0.05, 0.1) is 6.61 Å². The number of ether oxygens (including phenoxy) is 1. The maximum atomic E-state index is 8.65. The third-order valence-corrected chi connectivity index (χ3v) is 3.28. The lowest BCUT2D eigenvalue weighted by molar-refractivity contribution is 0.306. The number of rotatable bonds is 8. The molecule has 2 nitrogen and oxygen atoms in total. The van der Waals surface area contributed by atoms with Gasteiger partial charge in [0.25, 0.3) is 0 Å². The molecular weight excluding hydrogens is 260 g/mol. The fraction of sp³-hybridized carbons (Fsp3) is 0.263. The van der Waals surface area contributed by atoms with Crippen molar-refractivity contribution in [1.82, 2.24) is 0 Å². The molecule has 2 aromatic rings. The molecule has 0 saturated heterocycles. The van der Waals surface area contributed by atoms with Gasteiger partial charge in [0.15, 0.2) is 0 Å². The van der Waals surface area contributed by atoms with E-state index in [4.69, 9.17) is 9.84 Å². The Morgan fingerprint density at radius 2 is 1.62 bits per heavy atom. The van der Waals surface area contributed by atoms with Gasteiger partial charge in [-0.05, 0) is 42.5 Å². The summed E-state index contributed by atoms with van der Waals surface area (Å²) in [5, 5.41) is 8.65. The quantitative estimate of drug-likeness (QED) is 0.582. The number of aliphatic hydroxyl groups excluding tert-OH is 1. The molecule has 0 spiro atoms. The van der Waals surface area contributed by atoms with Gasteiger partial charge in [0.1, 0.15) is 12.4 Å². The molecule has 0 heterocycles. The van der Waals surface area contributed by atoms with Crippen molar-refractivity contribution >= 4 is 0 Å². The summed E-state index contributed by atoms with van der Waals surface area (Å²) < 4.78 is 5.77. The van der Waals surface area contributed by atoms with E-state index >= 15 is 0 Å². The first-order valence-corrected chi connectivity index (χ1v) is 7.40. The monoisotopic (exact) mass is 282 g/mol. The van der Waals surface area contributed by atoms with Gasteiger partial charge in [0, 0.05) is 0 Å². The fourth-order valence-electron chi connectivity index (χ4n) is 2.11. The summed E-state index contributed by atoms with van der Waals surface area (Å²) in [6.07, 6.45) is 6.97. The first-order chi connectivity index (χ1) is 10.4. The Morgan fingerprint density at radius 1 is 0.857 bits per heavy atom. The van der Waals surface area contributed by atoms with E-state index in [2.05, 4.69) is 24.3 Å². The summed E-state index contributed by atoms with van der Waals surface area (Å²) in [4.78, 5) is 0. The Balaban J connectivity index is 1.75. The van der Waals surface area contributed by atoms with Crippen molar-refractivity contribution in [1.29, 1.82) is 0 Å². The highest BCUT2D eigenvalue weighted by Crippen LogP contribution is 2.15. The Morgan fingerprint density at radius 3 is 2.33 bits per heavy atom. The van der Waals surface area contributed by atoms with Gasteiger partial charge in [-0.2, -0.15) is 0 Å². The molecule has 0 aliphatic rings. The van der Waals surface area contributed by atoms with Gasteiger partial charge >= 0.3 is 0 Å². The van der Waals surface area contributed by atoms with Gasteiger partial charge < -0.3 is 9.84 Å². The lowest BCUT2D eigenvalue weighted by Gasteiger charge is -2.07. The second-order valence-electron chi connectivity index (χ2n) is 4.96. The zero-order chi connectivity index (χ0) is 14.8. The van der Waals surface area contributed by atoms with E-state index in [0.29, 0.717) is 6.61 Å². The Kier molecular flexibility index (Phi) is 6.56. The summed E-state index contributed by atoms with van der Waals surface area (Å²) in [6.45, 7) is 0.736. The van der Waals surface area contributed by atoms with Crippen LogP contribution in [0, 0.1) is 0 Å². The molecule has 0 atom stereocenters. The molecule has 0 aliphatic heterocycles. The standard InChI is InChI=1S/C19H22O2/c20-15-7-2-1-4-8-17-11-13-19(14-12-17)21-16-18-9-5-3-6-10-18/h2-3,5-7,9-14,20H,1,4,8,15-16H2/b7-2+. The van der Waals surface area contributed by atoms with Crippen LogP contribution >= 0.6 is 0 Å². The predicted molar refractivity (Wildman–Crippen MR) is 86.4 cm³/mol. The first-order valence-electron chi connectivity index (χ1n) is 7.40. The largest absolute Gasteiger partial charge is 0.489 e. The van der Waals surface area contributed by atoms with Crippen LogP contribution in [0.3, 0.4) is 0 Å². The molecular formula is C19H22O2. The van der Waals surface area contributed by atoms with Crippen molar-refractivity contribution in [2.45, 2.75) is 25.9 Å². The smallest absolute Gasteiger partial charge is 0.119 e. The van der Waals surface area contributed by atoms with E-state index < -0.39 is 0 Å². The second kappa shape index (κ2) is 8.98. The van der Waals surface area contributed by atoms with Crippen LogP contribution in [-0.2, 0) is 13.0 Å². The molecule has 1 N–H and O–H groups in total. The minimum atomic E-state index is 0.132. The zero-order valence-corrected chi connectivity index (χ0v) is 12.2. The van der Waals surface area contributed by atoms with E-state index in [1.807, 2.05) is 36.4 Å². The third-order valence-electron chi connectivity index (χ3n) is 3.28. The van der Waals surface area contributed by atoms with Gasteiger partial charge in [-0.3, -0.25) is 0 Å². The number of unbranched alkanes of at least 4 members (excludes halogenated alkanes) is 1. The number of benzene rings is 2. The van der Waals surface area contributed by atoms with Gasteiger partial charge in [0.2, 0.25) is 0 Å². The number of aliphatic hydroxyl groups is 1. The van der Waals surface area contributed by atoms with Crippen molar-refractivity contribution in [2.24, 2.45) is 0 Å². The van der Waals surface area contributed by atoms with Crippen LogP contribution in [0.4, 0.5) is 0 Å². The van der Waals surface area contributed by atoms with Gasteiger partial charge in [-0.15, -0.1) is 0 Å². The molecule has 21 heavy (non-hydrogen) atoms. The van der Waals surface area contributed by atoms with Crippen LogP contribution in [0.5, 0.6) is 5.75 Å². The lowest BCUT2D eigenvalue weighted by atomic mass is 10.1. The van der Waals surface area contributed by atoms with Crippen LogP contribution < -0.4 is 4.74 Å². The van der Waals surface area contributed by atoms with Crippen LogP contribution in [-0.4, -0.2) is 11.7 Å². The zero-order valence-electron chi connectivity index (χ0n) is 12.2. The molecule has 2 rings (SSSR count). The molecule has 0 aliphatic carbocycles. The fourth-order valence-corrected chi connectivity index (χ4v) is 2.11. The van der Waals surface area contributed by atoms with E-state index in [1.54, 1.807) is 6.08 Å². The molecule has 0 saturated carbocycles. The normalized spacial score (nSPS) is 10.9. The molecule has 0 amide bonds. The van der Waals surface area contributed by atoms with Gasteiger partial charge in [-0.25, -0.2) is 0 Å². The van der Waals surface area contributed by atoms with Crippen LogP contribution in [0.1, 0.15) is 24.0 Å². The Hall–Kier alpha value is -2.06. The highest BCUT2D eigenvalue weighted by atomic mass is 16.5. The highest BCUT2D eigenvalue weighted by Gasteiger charge is 1.97. The van der Waals surface area contributed by atoms with Crippen molar-refractivity contribution in [3.8, 4) is 5.75 Å². The molecule has 0 bridgehead atoms. The number of aryl methyl sites for hydroxylation is 1. The molecule has 0 fully saturated rings. The Labute approximate surface area is 126 Å². The average Bonchev–Trinajstić information content (AvgIpc) is 2.55. The van der Waals surface area contributed by atoms with Crippen molar-refractivity contribution in [3.05, 3.63) is 77.9 Å². The molecule has 110 valence electrons.